The van der Waals surface area contributed by atoms with Gasteiger partial charge < -0.3 is 4.74 Å². The summed E-state index contributed by atoms with van der Waals surface area (Å²) in [7, 11) is 0. The molecule has 0 heterocycles. The lowest BCUT2D eigenvalue weighted by Gasteiger charge is -2.13. The van der Waals surface area contributed by atoms with Gasteiger partial charge in [0.05, 0.1) is 0 Å². The first kappa shape index (κ1) is 13.5. The van der Waals surface area contributed by atoms with Crippen LogP contribution in [0.25, 0.3) is 6.08 Å². The van der Waals surface area contributed by atoms with Crippen molar-refractivity contribution in [3.63, 3.8) is 0 Å². The van der Waals surface area contributed by atoms with E-state index in [4.69, 9.17) is 4.74 Å². The Hall–Kier alpha value is -1.57. The average Bonchev–Trinajstić information content (AvgIpc) is 2.34. The van der Waals surface area contributed by atoms with Crippen LogP contribution in [-0.4, -0.2) is 12.1 Å². The van der Waals surface area contributed by atoms with Gasteiger partial charge in [0.2, 0.25) is 0 Å². The van der Waals surface area contributed by atoms with Crippen molar-refractivity contribution in [2.24, 2.45) is 0 Å². The van der Waals surface area contributed by atoms with Gasteiger partial charge in [0.1, 0.15) is 6.10 Å². The molecule has 0 aliphatic rings. The van der Waals surface area contributed by atoms with Crippen molar-refractivity contribution in [2.45, 2.75) is 39.2 Å². The summed E-state index contributed by atoms with van der Waals surface area (Å²) in [6, 6.07) is 10.2. The number of allylic oxidation sites excluding steroid dienone is 1. The molecule has 17 heavy (non-hydrogen) atoms. The normalized spacial score (nSPS) is 12.6. The zero-order valence-electron chi connectivity index (χ0n) is 10.6. The van der Waals surface area contributed by atoms with Gasteiger partial charge in [-0.1, -0.05) is 49.4 Å². The van der Waals surface area contributed by atoms with Crippen LogP contribution in [0, 0.1) is 0 Å². The number of hydrogen-bond acceptors (Lipinski definition) is 2. The fraction of sp³-hybridized carbons (Fsp3) is 0.400. The molecule has 0 saturated heterocycles. The van der Waals surface area contributed by atoms with Crippen molar-refractivity contribution < 1.29 is 9.53 Å². The number of esters is 1. The van der Waals surface area contributed by atoms with Crippen molar-refractivity contribution in [3.8, 4) is 0 Å². The molecule has 0 aromatic heterocycles. The highest BCUT2D eigenvalue weighted by Gasteiger charge is 2.07. The van der Waals surface area contributed by atoms with Crippen molar-refractivity contribution in [2.75, 3.05) is 0 Å². The van der Waals surface area contributed by atoms with Gasteiger partial charge in [-0.25, -0.2) is 0 Å². The molecule has 0 aliphatic carbocycles. The van der Waals surface area contributed by atoms with Crippen molar-refractivity contribution in [3.05, 3.63) is 42.0 Å². The Bertz CT molecular complexity index is 354. The second-order valence-corrected chi connectivity index (χ2v) is 4.03. The SMILES string of the molecule is CCC(CC/C=C/c1ccccc1)OC(C)=O. The maximum absolute atomic E-state index is 10.8. The van der Waals surface area contributed by atoms with Crippen LogP contribution in [0.1, 0.15) is 38.7 Å². The molecule has 2 heteroatoms. The second kappa shape index (κ2) is 7.66. The quantitative estimate of drug-likeness (QED) is 0.697. The van der Waals surface area contributed by atoms with E-state index in [1.54, 1.807) is 0 Å². The zero-order chi connectivity index (χ0) is 12.5. The smallest absolute Gasteiger partial charge is 0.302 e. The number of carbonyl (C=O) groups is 1. The summed E-state index contributed by atoms with van der Waals surface area (Å²) in [4.78, 5) is 10.8. The third-order valence-electron chi connectivity index (χ3n) is 2.55. The van der Waals surface area contributed by atoms with Crippen LogP contribution in [0.2, 0.25) is 0 Å². The van der Waals surface area contributed by atoms with E-state index >= 15 is 0 Å². The van der Waals surface area contributed by atoms with Crippen molar-refractivity contribution in [1.29, 1.82) is 0 Å². The van der Waals surface area contributed by atoms with Gasteiger partial charge in [-0.15, -0.1) is 0 Å². The number of benzene rings is 1. The molecule has 0 bridgehead atoms. The number of rotatable bonds is 6. The molecule has 0 amide bonds. The Balaban J connectivity index is 2.31. The molecule has 2 nitrogen and oxygen atoms in total. The Kier molecular flexibility index (Phi) is 6.08. The lowest BCUT2D eigenvalue weighted by atomic mass is 10.1. The van der Waals surface area contributed by atoms with E-state index in [1.165, 1.54) is 12.5 Å². The van der Waals surface area contributed by atoms with Gasteiger partial charge in [0, 0.05) is 6.92 Å². The first-order valence-corrected chi connectivity index (χ1v) is 6.11. The predicted molar refractivity (Wildman–Crippen MR) is 70.6 cm³/mol. The molecule has 1 aromatic rings. The molecule has 1 atom stereocenters. The largest absolute Gasteiger partial charge is 0.463 e. The second-order valence-electron chi connectivity index (χ2n) is 4.03. The van der Waals surface area contributed by atoms with E-state index in [1.807, 2.05) is 25.1 Å². The lowest BCUT2D eigenvalue weighted by molar-refractivity contribution is -0.146. The molecule has 1 rings (SSSR count). The van der Waals surface area contributed by atoms with Crippen LogP contribution in [0.3, 0.4) is 0 Å². The third-order valence-corrected chi connectivity index (χ3v) is 2.55. The van der Waals surface area contributed by atoms with Gasteiger partial charge in [-0.2, -0.15) is 0 Å². The first-order chi connectivity index (χ1) is 8.22. The van der Waals surface area contributed by atoms with E-state index in [0.29, 0.717) is 0 Å². The Morgan fingerprint density at radius 2 is 2.06 bits per heavy atom. The van der Waals surface area contributed by atoms with E-state index < -0.39 is 0 Å². The highest BCUT2D eigenvalue weighted by molar-refractivity contribution is 5.66. The molecule has 92 valence electrons. The maximum atomic E-state index is 10.8. The minimum atomic E-state index is -0.191. The molecule has 0 aliphatic heterocycles. The van der Waals surface area contributed by atoms with E-state index in [0.717, 1.165) is 19.3 Å². The van der Waals surface area contributed by atoms with Gasteiger partial charge in [-0.05, 0) is 24.8 Å². The van der Waals surface area contributed by atoms with Crippen LogP contribution in [0.5, 0.6) is 0 Å². The summed E-state index contributed by atoms with van der Waals surface area (Å²) in [6.45, 7) is 3.50. The van der Waals surface area contributed by atoms with Crippen LogP contribution in [0.15, 0.2) is 36.4 Å². The molecular formula is C15H20O2. The van der Waals surface area contributed by atoms with E-state index in [2.05, 4.69) is 24.3 Å². The van der Waals surface area contributed by atoms with E-state index in [9.17, 15) is 4.79 Å². The van der Waals surface area contributed by atoms with Crippen molar-refractivity contribution >= 4 is 12.0 Å². The van der Waals surface area contributed by atoms with Gasteiger partial charge >= 0.3 is 5.97 Å². The molecule has 0 spiro atoms. The third kappa shape index (κ3) is 5.91. The van der Waals surface area contributed by atoms with Crippen LogP contribution in [-0.2, 0) is 9.53 Å². The first-order valence-electron chi connectivity index (χ1n) is 6.11. The zero-order valence-corrected chi connectivity index (χ0v) is 10.6. The Morgan fingerprint density at radius 1 is 1.35 bits per heavy atom. The predicted octanol–water partition coefficient (Wildman–Crippen LogP) is 3.82. The standard InChI is InChI=1S/C15H20O2/c1-3-15(17-13(2)16)12-8-7-11-14-9-5-4-6-10-14/h4-7,9-11,15H,3,8,12H2,1-2H3/b11-7+. The number of hydrogen-bond donors (Lipinski definition) is 0. The Morgan fingerprint density at radius 3 is 2.65 bits per heavy atom. The molecule has 1 unspecified atom stereocenters. The average molecular weight is 232 g/mol. The minimum absolute atomic E-state index is 0.0490. The summed E-state index contributed by atoms with van der Waals surface area (Å²) >= 11 is 0. The number of ether oxygens (including phenoxy) is 1. The number of carbonyl (C=O) groups excluding carboxylic acids is 1. The fourth-order valence-corrected chi connectivity index (χ4v) is 1.65. The fourth-order valence-electron chi connectivity index (χ4n) is 1.65. The molecule has 1 aromatic carbocycles. The Labute approximate surface area is 103 Å². The monoisotopic (exact) mass is 232 g/mol. The summed E-state index contributed by atoms with van der Waals surface area (Å²) in [5.41, 5.74) is 1.20. The molecule has 0 fully saturated rings. The summed E-state index contributed by atoms with van der Waals surface area (Å²) in [6.07, 6.45) is 6.97. The van der Waals surface area contributed by atoms with Gasteiger partial charge in [0.25, 0.3) is 0 Å². The molecule has 0 radical (unpaired) electrons. The van der Waals surface area contributed by atoms with Crippen LogP contribution in [0.4, 0.5) is 0 Å². The molecule has 0 N–H and O–H groups in total. The topological polar surface area (TPSA) is 26.3 Å². The van der Waals surface area contributed by atoms with Crippen LogP contribution < -0.4 is 0 Å². The highest BCUT2D eigenvalue weighted by atomic mass is 16.5. The van der Waals surface area contributed by atoms with Crippen molar-refractivity contribution in [1.82, 2.24) is 0 Å². The van der Waals surface area contributed by atoms with Gasteiger partial charge in [-0.3, -0.25) is 4.79 Å². The van der Waals surface area contributed by atoms with E-state index in [-0.39, 0.29) is 12.1 Å². The summed E-state index contributed by atoms with van der Waals surface area (Å²) in [5.74, 6) is -0.191. The molecule has 0 saturated carbocycles. The van der Waals surface area contributed by atoms with Crippen LogP contribution >= 0.6 is 0 Å². The summed E-state index contributed by atoms with van der Waals surface area (Å²) in [5, 5.41) is 0. The highest BCUT2D eigenvalue weighted by Crippen LogP contribution is 2.09. The minimum Gasteiger partial charge on any atom is -0.463 e. The maximum Gasteiger partial charge on any atom is 0.302 e. The lowest BCUT2D eigenvalue weighted by Crippen LogP contribution is -2.14. The summed E-state index contributed by atoms with van der Waals surface area (Å²) < 4.78 is 5.18. The van der Waals surface area contributed by atoms with Gasteiger partial charge in [0.15, 0.2) is 0 Å². The molecular weight excluding hydrogens is 212 g/mol.